The molecule has 0 aromatic heterocycles. The van der Waals surface area contributed by atoms with Crippen molar-refractivity contribution in [3.8, 4) is 5.75 Å². The van der Waals surface area contributed by atoms with E-state index in [9.17, 15) is 18.0 Å². The summed E-state index contributed by atoms with van der Waals surface area (Å²) in [4.78, 5) is 28.5. The van der Waals surface area contributed by atoms with Gasteiger partial charge in [0, 0.05) is 17.6 Å². The molecule has 8 nitrogen and oxygen atoms in total. The van der Waals surface area contributed by atoms with Crippen molar-refractivity contribution in [3.63, 3.8) is 0 Å². The number of benzene rings is 3. The fourth-order valence-corrected chi connectivity index (χ4v) is 5.56. The van der Waals surface area contributed by atoms with Crippen LogP contribution in [0.25, 0.3) is 0 Å². The van der Waals surface area contributed by atoms with Crippen LogP contribution in [0.1, 0.15) is 38.3 Å². The van der Waals surface area contributed by atoms with E-state index in [1.54, 1.807) is 68.6 Å². The molecule has 0 unspecified atom stereocenters. The first-order chi connectivity index (χ1) is 19.0. The van der Waals surface area contributed by atoms with Gasteiger partial charge < -0.3 is 15.0 Å². The van der Waals surface area contributed by atoms with Crippen LogP contribution in [0.15, 0.2) is 77.7 Å². The van der Waals surface area contributed by atoms with Gasteiger partial charge in [0.15, 0.2) is 0 Å². The molecule has 0 saturated heterocycles. The van der Waals surface area contributed by atoms with E-state index in [2.05, 4.69) is 5.32 Å². The van der Waals surface area contributed by atoms with Crippen LogP contribution in [0.5, 0.6) is 5.75 Å². The second-order valence-corrected chi connectivity index (χ2v) is 11.9. The summed E-state index contributed by atoms with van der Waals surface area (Å²) < 4.78 is 33.9. The number of halogens is 1. The summed E-state index contributed by atoms with van der Waals surface area (Å²) in [6.07, 6.45) is 0.724. The minimum atomic E-state index is -4.15. The fraction of sp³-hybridized carbons (Fsp3) is 0.333. The highest BCUT2D eigenvalue weighted by molar-refractivity contribution is 7.92. The SMILES string of the molecule is CC[C@@H](C)NC(=O)[C@H](C)N(Cc1ccc(OC)cc1)C(=O)CN(c1ccc(C)c(Cl)c1)S(=O)(=O)c1ccccc1. The summed E-state index contributed by atoms with van der Waals surface area (Å²) >= 11 is 6.36. The number of carbonyl (C=O) groups excluding carboxylic acids is 2. The lowest BCUT2D eigenvalue weighted by Gasteiger charge is -2.32. The minimum Gasteiger partial charge on any atom is -0.497 e. The number of ether oxygens (including phenoxy) is 1. The van der Waals surface area contributed by atoms with Crippen molar-refractivity contribution in [3.05, 3.63) is 88.9 Å². The lowest BCUT2D eigenvalue weighted by Crippen LogP contribution is -2.52. The lowest BCUT2D eigenvalue weighted by atomic mass is 10.1. The van der Waals surface area contributed by atoms with Crippen molar-refractivity contribution in [2.24, 2.45) is 0 Å². The first-order valence-corrected chi connectivity index (χ1v) is 14.9. The van der Waals surface area contributed by atoms with Gasteiger partial charge in [-0.05, 0) is 74.7 Å². The number of anilines is 1. The van der Waals surface area contributed by atoms with E-state index in [0.717, 1.165) is 21.9 Å². The number of hydrogen-bond donors (Lipinski definition) is 1. The van der Waals surface area contributed by atoms with Crippen LogP contribution in [0.2, 0.25) is 5.02 Å². The molecule has 0 heterocycles. The third kappa shape index (κ3) is 7.55. The van der Waals surface area contributed by atoms with Crippen molar-refractivity contribution in [1.29, 1.82) is 0 Å². The van der Waals surface area contributed by atoms with Gasteiger partial charge in [-0.25, -0.2) is 8.42 Å². The molecule has 1 N–H and O–H groups in total. The smallest absolute Gasteiger partial charge is 0.264 e. The molecular formula is C30H36ClN3O5S. The molecule has 10 heteroatoms. The first kappa shape index (κ1) is 31.0. The molecule has 0 aliphatic carbocycles. The van der Waals surface area contributed by atoms with E-state index in [-0.39, 0.29) is 29.1 Å². The van der Waals surface area contributed by atoms with E-state index in [0.29, 0.717) is 10.8 Å². The topological polar surface area (TPSA) is 96.0 Å². The largest absolute Gasteiger partial charge is 0.497 e. The van der Waals surface area contributed by atoms with Crippen LogP contribution in [-0.2, 0) is 26.2 Å². The Bertz CT molecular complexity index is 1420. The molecule has 0 spiro atoms. The zero-order valence-electron chi connectivity index (χ0n) is 23.4. The summed E-state index contributed by atoms with van der Waals surface area (Å²) in [5, 5.41) is 3.29. The Morgan fingerprint density at radius 2 is 1.65 bits per heavy atom. The molecule has 0 aliphatic heterocycles. The van der Waals surface area contributed by atoms with Crippen molar-refractivity contribution in [1.82, 2.24) is 10.2 Å². The molecule has 3 aromatic carbocycles. The lowest BCUT2D eigenvalue weighted by molar-refractivity contribution is -0.139. The van der Waals surface area contributed by atoms with Crippen LogP contribution < -0.4 is 14.4 Å². The van der Waals surface area contributed by atoms with Gasteiger partial charge in [0.1, 0.15) is 18.3 Å². The molecule has 0 saturated carbocycles. The van der Waals surface area contributed by atoms with Crippen LogP contribution in [0.3, 0.4) is 0 Å². The molecule has 3 aromatic rings. The predicted octanol–water partition coefficient (Wildman–Crippen LogP) is 5.18. The zero-order chi connectivity index (χ0) is 29.4. The van der Waals surface area contributed by atoms with Crippen molar-refractivity contribution >= 4 is 39.1 Å². The molecule has 3 rings (SSSR count). The Balaban J connectivity index is 2.03. The van der Waals surface area contributed by atoms with Crippen LogP contribution >= 0.6 is 11.6 Å². The quantitative estimate of drug-likeness (QED) is 0.316. The maximum atomic E-state index is 14.0. The van der Waals surface area contributed by atoms with Gasteiger partial charge in [-0.3, -0.25) is 13.9 Å². The number of nitrogens with one attached hydrogen (secondary N) is 1. The Morgan fingerprint density at radius 1 is 1.00 bits per heavy atom. The van der Waals surface area contributed by atoms with E-state index in [1.165, 1.54) is 23.1 Å². The maximum absolute atomic E-state index is 14.0. The Kier molecular flexibility index (Phi) is 10.6. The normalized spacial score (nSPS) is 12.8. The van der Waals surface area contributed by atoms with E-state index >= 15 is 0 Å². The predicted molar refractivity (Wildman–Crippen MR) is 158 cm³/mol. The third-order valence-corrected chi connectivity index (χ3v) is 8.93. The zero-order valence-corrected chi connectivity index (χ0v) is 25.0. The molecule has 0 radical (unpaired) electrons. The van der Waals surface area contributed by atoms with Gasteiger partial charge in [-0.1, -0.05) is 54.9 Å². The molecule has 2 amide bonds. The number of aryl methyl sites for hydroxylation is 1. The van der Waals surface area contributed by atoms with E-state index in [4.69, 9.17) is 16.3 Å². The van der Waals surface area contributed by atoms with Crippen molar-refractivity contribution < 1.29 is 22.7 Å². The number of hydrogen-bond acceptors (Lipinski definition) is 5. The highest BCUT2D eigenvalue weighted by Gasteiger charge is 2.33. The number of carbonyl (C=O) groups is 2. The summed E-state index contributed by atoms with van der Waals surface area (Å²) in [6.45, 7) is 6.84. The average Bonchev–Trinajstić information content (AvgIpc) is 2.96. The molecular weight excluding hydrogens is 550 g/mol. The Morgan fingerprint density at radius 3 is 2.23 bits per heavy atom. The van der Waals surface area contributed by atoms with Crippen LogP contribution in [-0.4, -0.2) is 50.9 Å². The van der Waals surface area contributed by atoms with Crippen molar-refractivity contribution in [2.75, 3.05) is 18.0 Å². The van der Waals surface area contributed by atoms with Gasteiger partial charge in [0.05, 0.1) is 17.7 Å². The standard InChI is InChI=1S/C30H36ClN3O5S/c1-6-22(3)32-30(36)23(4)33(19-24-13-16-26(39-5)17-14-24)29(35)20-34(25-15-12-21(2)28(31)18-25)40(37,38)27-10-8-7-9-11-27/h7-18,22-23H,6,19-20H2,1-5H3,(H,32,36)/t22-,23+/m1/s1. The number of rotatable bonds is 12. The highest BCUT2D eigenvalue weighted by Crippen LogP contribution is 2.28. The van der Waals surface area contributed by atoms with Crippen LogP contribution in [0.4, 0.5) is 5.69 Å². The molecule has 0 aliphatic rings. The van der Waals surface area contributed by atoms with Gasteiger partial charge >= 0.3 is 0 Å². The number of sulfonamides is 1. The monoisotopic (exact) mass is 585 g/mol. The third-order valence-electron chi connectivity index (χ3n) is 6.73. The molecule has 214 valence electrons. The van der Waals surface area contributed by atoms with E-state index < -0.39 is 28.5 Å². The summed E-state index contributed by atoms with van der Waals surface area (Å²) in [6, 6.07) is 18.9. The first-order valence-electron chi connectivity index (χ1n) is 13.0. The second-order valence-electron chi connectivity index (χ2n) is 9.62. The van der Waals surface area contributed by atoms with Gasteiger partial charge in [-0.15, -0.1) is 0 Å². The second kappa shape index (κ2) is 13.7. The summed E-state index contributed by atoms with van der Waals surface area (Å²) in [5.41, 5.74) is 1.77. The number of methoxy groups -OCH3 is 1. The fourth-order valence-electron chi connectivity index (χ4n) is 3.96. The van der Waals surface area contributed by atoms with Crippen LogP contribution in [0, 0.1) is 6.92 Å². The van der Waals surface area contributed by atoms with Gasteiger partial charge in [0.25, 0.3) is 10.0 Å². The van der Waals surface area contributed by atoms with Crippen molar-refractivity contribution in [2.45, 2.75) is 57.6 Å². The molecule has 0 bridgehead atoms. The maximum Gasteiger partial charge on any atom is 0.264 e. The number of amides is 2. The Hall–Kier alpha value is -3.56. The van der Waals surface area contributed by atoms with Gasteiger partial charge in [0.2, 0.25) is 11.8 Å². The average molecular weight is 586 g/mol. The molecule has 40 heavy (non-hydrogen) atoms. The number of nitrogens with zero attached hydrogens (tertiary/aromatic N) is 2. The van der Waals surface area contributed by atoms with Gasteiger partial charge in [-0.2, -0.15) is 0 Å². The molecule has 2 atom stereocenters. The summed E-state index contributed by atoms with van der Waals surface area (Å²) in [5.74, 6) is -0.216. The minimum absolute atomic E-state index is 0.0313. The van der Waals surface area contributed by atoms with E-state index in [1.807, 2.05) is 20.8 Å². The highest BCUT2D eigenvalue weighted by atomic mass is 35.5. The summed E-state index contributed by atoms with van der Waals surface area (Å²) in [7, 11) is -2.59. The molecule has 0 fully saturated rings. The Labute approximate surface area is 241 Å².